The van der Waals surface area contributed by atoms with Crippen LogP contribution in [0.25, 0.3) is 0 Å². The highest BCUT2D eigenvalue weighted by Crippen LogP contribution is 2.48. The Kier molecular flexibility index (Phi) is 1.17. The van der Waals surface area contributed by atoms with E-state index >= 15 is 0 Å². The first-order chi connectivity index (χ1) is 5.91. The highest BCUT2D eigenvalue weighted by Gasteiger charge is 2.46. The minimum Gasteiger partial charge on any atom is -0.307 e. The number of fused-ring (bicyclic) bond motifs is 2. The summed E-state index contributed by atoms with van der Waals surface area (Å²) in [5.74, 6) is 0. The Morgan fingerprint density at radius 3 is 2.83 bits per heavy atom. The topological polar surface area (TPSA) is 12.0 Å². The van der Waals surface area contributed by atoms with Crippen molar-refractivity contribution >= 4 is 0 Å². The predicted octanol–water partition coefficient (Wildman–Crippen LogP) is 1.82. The van der Waals surface area contributed by atoms with E-state index in [-0.39, 0.29) is 0 Å². The second-order valence-corrected chi connectivity index (χ2v) is 3.92. The zero-order chi connectivity index (χ0) is 8.02. The van der Waals surface area contributed by atoms with Crippen LogP contribution in [0, 0.1) is 0 Å². The normalized spacial score (nSPS) is 23.7. The monoisotopic (exact) mass is 159 g/mol. The van der Waals surface area contributed by atoms with E-state index in [0.717, 1.165) is 6.54 Å². The third kappa shape index (κ3) is 0.774. The quantitative estimate of drug-likeness (QED) is 0.609. The van der Waals surface area contributed by atoms with Crippen molar-refractivity contribution in [3.63, 3.8) is 0 Å². The van der Waals surface area contributed by atoms with Crippen LogP contribution in [-0.4, -0.2) is 6.54 Å². The van der Waals surface area contributed by atoms with E-state index in [1.165, 1.54) is 19.3 Å². The number of hydrogen-bond donors (Lipinski definition) is 1. The lowest BCUT2D eigenvalue weighted by Crippen LogP contribution is -2.36. The first-order valence-corrected chi connectivity index (χ1v) is 4.74. The van der Waals surface area contributed by atoms with Gasteiger partial charge < -0.3 is 5.32 Å². The van der Waals surface area contributed by atoms with E-state index in [4.69, 9.17) is 0 Å². The van der Waals surface area contributed by atoms with Crippen molar-refractivity contribution in [1.29, 1.82) is 0 Å². The summed E-state index contributed by atoms with van der Waals surface area (Å²) in [4.78, 5) is 0. The van der Waals surface area contributed by atoms with Crippen LogP contribution in [-0.2, 0) is 12.0 Å². The molecule has 1 heteroatoms. The number of nitrogens with one attached hydrogen (secondary N) is 1. The highest BCUT2D eigenvalue weighted by atomic mass is 15.0. The third-order valence-corrected chi connectivity index (χ3v) is 3.14. The summed E-state index contributed by atoms with van der Waals surface area (Å²) in [5.41, 5.74) is 3.54. The molecule has 2 aliphatic rings. The van der Waals surface area contributed by atoms with Gasteiger partial charge in [0.05, 0.1) is 0 Å². The molecule has 0 amide bonds. The van der Waals surface area contributed by atoms with Crippen LogP contribution in [0.2, 0.25) is 0 Å². The average molecular weight is 159 g/mol. The average Bonchev–Trinajstić information content (AvgIpc) is 2.87. The summed E-state index contributed by atoms with van der Waals surface area (Å²) in [5, 5.41) is 3.63. The zero-order valence-corrected chi connectivity index (χ0v) is 7.14. The van der Waals surface area contributed by atoms with Crippen LogP contribution in [0.5, 0.6) is 0 Å². The lowest BCUT2D eigenvalue weighted by Gasteiger charge is -2.26. The van der Waals surface area contributed by atoms with Crippen LogP contribution < -0.4 is 5.32 Å². The standard InChI is InChI=1S/C11H13N/c1-2-4-10-9(3-1)5-8-12-11(10)6-7-11/h1-4,12H,5-8H2. The molecule has 0 unspecified atom stereocenters. The lowest BCUT2D eigenvalue weighted by atomic mass is 9.93. The molecule has 1 aromatic rings. The summed E-state index contributed by atoms with van der Waals surface area (Å²) in [6.45, 7) is 1.16. The van der Waals surface area contributed by atoms with Gasteiger partial charge in [0.2, 0.25) is 0 Å². The van der Waals surface area contributed by atoms with Crippen molar-refractivity contribution in [3.8, 4) is 0 Å². The van der Waals surface area contributed by atoms with Gasteiger partial charge in [-0.2, -0.15) is 0 Å². The van der Waals surface area contributed by atoms with E-state index < -0.39 is 0 Å². The van der Waals surface area contributed by atoms with Crippen LogP contribution >= 0.6 is 0 Å². The van der Waals surface area contributed by atoms with Crippen molar-refractivity contribution in [2.45, 2.75) is 24.8 Å². The Bertz CT molecular complexity index is 313. The maximum Gasteiger partial charge on any atom is 0.0439 e. The SMILES string of the molecule is c1ccc2c(c1)CCNC21CC1. The van der Waals surface area contributed by atoms with Gasteiger partial charge in [-0.3, -0.25) is 0 Å². The largest absolute Gasteiger partial charge is 0.307 e. The summed E-state index contributed by atoms with van der Waals surface area (Å²) >= 11 is 0. The third-order valence-electron chi connectivity index (χ3n) is 3.14. The summed E-state index contributed by atoms with van der Waals surface area (Å²) in [7, 11) is 0. The molecule has 1 fully saturated rings. The molecule has 1 heterocycles. The molecule has 1 aromatic carbocycles. The molecule has 1 nitrogen and oxygen atoms in total. The van der Waals surface area contributed by atoms with Gasteiger partial charge in [0.1, 0.15) is 0 Å². The Morgan fingerprint density at radius 2 is 2.00 bits per heavy atom. The molecular formula is C11H13N. The van der Waals surface area contributed by atoms with Gasteiger partial charge in [0.25, 0.3) is 0 Å². The van der Waals surface area contributed by atoms with Crippen molar-refractivity contribution in [2.75, 3.05) is 6.54 Å². The first kappa shape index (κ1) is 6.67. The van der Waals surface area contributed by atoms with Gasteiger partial charge in [-0.25, -0.2) is 0 Å². The molecule has 0 aromatic heterocycles. The van der Waals surface area contributed by atoms with E-state index in [2.05, 4.69) is 29.6 Å². The molecule has 12 heavy (non-hydrogen) atoms. The Morgan fingerprint density at radius 1 is 1.17 bits per heavy atom. The minimum atomic E-state index is 0.412. The van der Waals surface area contributed by atoms with Gasteiger partial charge in [-0.1, -0.05) is 24.3 Å². The molecule has 0 saturated heterocycles. The first-order valence-electron chi connectivity index (χ1n) is 4.74. The van der Waals surface area contributed by atoms with Gasteiger partial charge in [0, 0.05) is 12.1 Å². The number of rotatable bonds is 0. The van der Waals surface area contributed by atoms with Crippen molar-refractivity contribution in [2.24, 2.45) is 0 Å². The highest BCUT2D eigenvalue weighted by molar-refractivity contribution is 5.39. The molecule has 0 atom stereocenters. The van der Waals surface area contributed by atoms with E-state index in [9.17, 15) is 0 Å². The second-order valence-electron chi connectivity index (χ2n) is 3.92. The molecule has 1 aliphatic heterocycles. The fraction of sp³-hybridized carbons (Fsp3) is 0.455. The predicted molar refractivity (Wildman–Crippen MR) is 49.1 cm³/mol. The van der Waals surface area contributed by atoms with Gasteiger partial charge >= 0.3 is 0 Å². The Labute approximate surface area is 72.8 Å². The summed E-state index contributed by atoms with van der Waals surface area (Å²) in [6.07, 6.45) is 3.88. The maximum atomic E-state index is 3.63. The van der Waals surface area contributed by atoms with E-state index in [1.54, 1.807) is 11.1 Å². The number of benzene rings is 1. The fourth-order valence-electron chi connectivity index (χ4n) is 2.31. The fourth-order valence-corrected chi connectivity index (χ4v) is 2.31. The van der Waals surface area contributed by atoms with Crippen molar-refractivity contribution in [1.82, 2.24) is 5.32 Å². The summed E-state index contributed by atoms with van der Waals surface area (Å²) in [6, 6.07) is 8.87. The summed E-state index contributed by atoms with van der Waals surface area (Å²) < 4.78 is 0. The van der Waals surface area contributed by atoms with Gasteiger partial charge in [0.15, 0.2) is 0 Å². The lowest BCUT2D eigenvalue weighted by molar-refractivity contribution is 0.489. The molecule has 1 N–H and O–H groups in total. The molecule has 1 aliphatic carbocycles. The molecule has 1 spiro atoms. The van der Waals surface area contributed by atoms with E-state index in [0.29, 0.717) is 5.54 Å². The van der Waals surface area contributed by atoms with Crippen molar-refractivity contribution in [3.05, 3.63) is 35.4 Å². The minimum absolute atomic E-state index is 0.412. The molecule has 0 bridgehead atoms. The molecule has 62 valence electrons. The zero-order valence-electron chi connectivity index (χ0n) is 7.14. The van der Waals surface area contributed by atoms with Crippen LogP contribution in [0.4, 0.5) is 0 Å². The Balaban J connectivity index is 2.16. The van der Waals surface area contributed by atoms with Gasteiger partial charge in [-0.05, 0) is 30.4 Å². The maximum absolute atomic E-state index is 3.63. The van der Waals surface area contributed by atoms with Crippen LogP contribution in [0.3, 0.4) is 0 Å². The van der Waals surface area contributed by atoms with Crippen molar-refractivity contribution < 1.29 is 0 Å². The molecular weight excluding hydrogens is 146 g/mol. The molecule has 1 saturated carbocycles. The van der Waals surface area contributed by atoms with E-state index in [1.807, 2.05) is 0 Å². The van der Waals surface area contributed by atoms with Gasteiger partial charge in [-0.15, -0.1) is 0 Å². The Hall–Kier alpha value is -0.820. The van der Waals surface area contributed by atoms with Crippen LogP contribution in [0.15, 0.2) is 24.3 Å². The second kappa shape index (κ2) is 2.11. The molecule has 0 radical (unpaired) electrons. The smallest absolute Gasteiger partial charge is 0.0439 e. The van der Waals surface area contributed by atoms with Crippen LogP contribution in [0.1, 0.15) is 24.0 Å². The number of hydrogen-bond acceptors (Lipinski definition) is 1. The molecule has 3 rings (SSSR count).